The van der Waals surface area contributed by atoms with Gasteiger partial charge in [0.25, 0.3) is 0 Å². The predicted molar refractivity (Wildman–Crippen MR) is 74.7 cm³/mol. The molecule has 0 bridgehead atoms. The summed E-state index contributed by atoms with van der Waals surface area (Å²) in [6.45, 7) is 8.01. The minimum atomic E-state index is -0.361. The van der Waals surface area contributed by atoms with Gasteiger partial charge in [-0.3, -0.25) is 5.41 Å². The van der Waals surface area contributed by atoms with Crippen molar-refractivity contribution < 1.29 is 4.74 Å². The van der Waals surface area contributed by atoms with Gasteiger partial charge in [-0.2, -0.15) is 0 Å². The van der Waals surface area contributed by atoms with Crippen molar-refractivity contribution >= 4 is 11.8 Å². The van der Waals surface area contributed by atoms with Crippen LogP contribution < -0.4 is 10.6 Å². The lowest BCUT2D eigenvalue weighted by molar-refractivity contribution is 0.0819. The minimum absolute atomic E-state index is 0.0569. The monoisotopic (exact) mass is 263 g/mol. The van der Waals surface area contributed by atoms with E-state index in [1.165, 1.54) is 0 Å². The number of nitrogens with one attached hydrogen (secondary N) is 1. The quantitative estimate of drug-likeness (QED) is 0.628. The minimum Gasteiger partial charge on any atom is -0.385 e. The molecule has 0 aromatic carbocycles. The van der Waals surface area contributed by atoms with Crippen LogP contribution >= 0.6 is 0 Å². The van der Waals surface area contributed by atoms with E-state index in [0.717, 1.165) is 17.9 Å². The van der Waals surface area contributed by atoms with Crippen LogP contribution in [0.2, 0.25) is 0 Å². The second-order valence-corrected chi connectivity index (χ2v) is 5.15. The van der Waals surface area contributed by atoms with Crippen LogP contribution in [-0.2, 0) is 4.74 Å². The van der Waals surface area contributed by atoms with Gasteiger partial charge < -0.3 is 15.4 Å². The molecule has 0 saturated carbocycles. The average Bonchev–Trinajstić information content (AvgIpc) is 2.38. The molecular weight excluding hydrogens is 242 g/mol. The predicted octanol–water partition coefficient (Wildman–Crippen LogP) is 1.05. The molecule has 0 amide bonds. The number of aryl methyl sites for hydroxylation is 1. The first-order valence-corrected chi connectivity index (χ1v) is 6.53. The van der Waals surface area contributed by atoms with Gasteiger partial charge in [0.05, 0.1) is 13.2 Å². The van der Waals surface area contributed by atoms with Crippen molar-refractivity contribution in [3.8, 4) is 0 Å². The standard InChI is InChI=1S/C13H21N5O/c1-8(2)10-6-9(3)16-13(17-10)18-4-5-19-11(7-18)12(14)15/h6,8,11H,4-5,7H2,1-3H3,(H3,14,15). The molecule has 1 aliphatic rings. The van der Waals surface area contributed by atoms with Crippen molar-refractivity contribution in [3.05, 3.63) is 17.5 Å². The van der Waals surface area contributed by atoms with Gasteiger partial charge in [-0.15, -0.1) is 0 Å². The first kappa shape index (κ1) is 13.7. The summed E-state index contributed by atoms with van der Waals surface area (Å²) in [4.78, 5) is 11.1. The maximum Gasteiger partial charge on any atom is 0.225 e. The third-order valence-corrected chi connectivity index (χ3v) is 3.15. The molecule has 6 nitrogen and oxygen atoms in total. The number of morpholine rings is 1. The van der Waals surface area contributed by atoms with Crippen molar-refractivity contribution in [3.63, 3.8) is 0 Å². The van der Waals surface area contributed by atoms with Crippen LogP contribution in [0.5, 0.6) is 0 Å². The summed E-state index contributed by atoms with van der Waals surface area (Å²) in [5.41, 5.74) is 7.50. The highest BCUT2D eigenvalue weighted by Crippen LogP contribution is 2.18. The number of nitrogens with zero attached hydrogens (tertiary/aromatic N) is 3. The van der Waals surface area contributed by atoms with Gasteiger partial charge in [-0.1, -0.05) is 13.8 Å². The number of hydrogen-bond acceptors (Lipinski definition) is 5. The maximum atomic E-state index is 7.48. The molecule has 2 heterocycles. The Bertz CT molecular complexity index is 474. The number of amidine groups is 1. The fourth-order valence-electron chi connectivity index (χ4n) is 2.03. The molecule has 19 heavy (non-hydrogen) atoms. The second kappa shape index (κ2) is 5.52. The highest BCUT2D eigenvalue weighted by molar-refractivity contribution is 5.82. The van der Waals surface area contributed by atoms with E-state index in [1.807, 2.05) is 17.9 Å². The van der Waals surface area contributed by atoms with Crippen molar-refractivity contribution in [2.45, 2.75) is 32.8 Å². The summed E-state index contributed by atoms with van der Waals surface area (Å²) in [7, 11) is 0. The van der Waals surface area contributed by atoms with Crippen LogP contribution in [0.25, 0.3) is 0 Å². The van der Waals surface area contributed by atoms with Crippen molar-refractivity contribution in [1.29, 1.82) is 5.41 Å². The third-order valence-electron chi connectivity index (χ3n) is 3.15. The Morgan fingerprint density at radius 2 is 2.26 bits per heavy atom. The van der Waals surface area contributed by atoms with Crippen LogP contribution in [0.15, 0.2) is 6.07 Å². The lowest BCUT2D eigenvalue weighted by Crippen LogP contribution is -2.48. The normalized spacial score (nSPS) is 19.8. The van der Waals surface area contributed by atoms with E-state index < -0.39 is 0 Å². The first-order chi connectivity index (χ1) is 8.97. The van der Waals surface area contributed by atoms with E-state index in [1.54, 1.807) is 0 Å². The number of aromatic nitrogens is 2. The van der Waals surface area contributed by atoms with E-state index in [2.05, 4.69) is 23.8 Å². The zero-order valence-corrected chi connectivity index (χ0v) is 11.7. The lowest BCUT2D eigenvalue weighted by Gasteiger charge is -2.32. The molecule has 2 rings (SSSR count). The Morgan fingerprint density at radius 1 is 1.53 bits per heavy atom. The van der Waals surface area contributed by atoms with Crippen molar-refractivity contribution in [1.82, 2.24) is 9.97 Å². The van der Waals surface area contributed by atoms with Gasteiger partial charge in [0.15, 0.2) is 0 Å². The summed E-state index contributed by atoms with van der Waals surface area (Å²) < 4.78 is 5.45. The Balaban J connectivity index is 2.23. The molecular formula is C13H21N5O. The molecule has 1 atom stereocenters. The molecule has 1 saturated heterocycles. The summed E-state index contributed by atoms with van der Waals surface area (Å²) in [5, 5.41) is 7.48. The van der Waals surface area contributed by atoms with E-state index in [0.29, 0.717) is 25.0 Å². The van der Waals surface area contributed by atoms with Gasteiger partial charge >= 0.3 is 0 Å². The number of rotatable bonds is 3. The van der Waals surface area contributed by atoms with Gasteiger partial charge in [0, 0.05) is 17.9 Å². The second-order valence-electron chi connectivity index (χ2n) is 5.15. The highest BCUT2D eigenvalue weighted by Gasteiger charge is 2.24. The molecule has 0 spiro atoms. The van der Waals surface area contributed by atoms with Crippen LogP contribution in [0, 0.1) is 12.3 Å². The highest BCUT2D eigenvalue weighted by atomic mass is 16.5. The van der Waals surface area contributed by atoms with E-state index >= 15 is 0 Å². The van der Waals surface area contributed by atoms with Crippen molar-refractivity contribution in [2.24, 2.45) is 5.73 Å². The lowest BCUT2D eigenvalue weighted by atomic mass is 10.1. The molecule has 1 aromatic heterocycles. The number of anilines is 1. The zero-order chi connectivity index (χ0) is 14.0. The van der Waals surface area contributed by atoms with Gasteiger partial charge in [-0.25, -0.2) is 9.97 Å². The van der Waals surface area contributed by atoms with E-state index in [-0.39, 0.29) is 11.9 Å². The fourth-order valence-corrected chi connectivity index (χ4v) is 2.03. The third kappa shape index (κ3) is 3.20. The molecule has 1 aliphatic heterocycles. The molecule has 0 aliphatic carbocycles. The fraction of sp³-hybridized carbons (Fsp3) is 0.615. The first-order valence-electron chi connectivity index (χ1n) is 6.53. The smallest absolute Gasteiger partial charge is 0.225 e. The molecule has 0 radical (unpaired) electrons. The molecule has 1 unspecified atom stereocenters. The summed E-state index contributed by atoms with van der Waals surface area (Å²) >= 11 is 0. The largest absolute Gasteiger partial charge is 0.385 e. The van der Waals surface area contributed by atoms with Crippen LogP contribution in [-0.4, -0.2) is 41.6 Å². The van der Waals surface area contributed by atoms with E-state index in [9.17, 15) is 0 Å². The van der Waals surface area contributed by atoms with Crippen LogP contribution in [0.1, 0.15) is 31.2 Å². The Morgan fingerprint density at radius 3 is 2.89 bits per heavy atom. The molecule has 3 N–H and O–H groups in total. The van der Waals surface area contributed by atoms with E-state index in [4.69, 9.17) is 15.9 Å². The van der Waals surface area contributed by atoms with Crippen LogP contribution in [0.3, 0.4) is 0 Å². The zero-order valence-electron chi connectivity index (χ0n) is 11.7. The van der Waals surface area contributed by atoms with Gasteiger partial charge in [-0.05, 0) is 18.9 Å². The number of ether oxygens (including phenoxy) is 1. The number of nitrogens with two attached hydrogens (primary N) is 1. The average molecular weight is 263 g/mol. The van der Waals surface area contributed by atoms with Gasteiger partial charge in [0.1, 0.15) is 11.9 Å². The summed E-state index contributed by atoms with van der Waals surface area (Å²) in [5.74, 6) is 1.13. The SMILES string of the molecule is Cc1cc(C(C)C)nc(N2CCOC(C(=N)N)C2)n1. The number of hydrogen-bond donors (Lipinski definition) is 2. The molecule has 6 heteroatoms. The van der Waals surface area contributed by atoms with Crippen molar-refractivity contribution in [2.75, 3.05) is 24.6 Å². The molecule has 1 fully saturated rings. The summed E-state index contributed by atoms with van der Waals surface area (Å²) in [6, 6.07) is 2.01. The Kier molecular flexibility index (Phi) is 3.99. The Hall–Kier alpha value is -1.69. The molecule has 1 aromatic rings. The maximum absolute atomic E-state index is 7.48. The topological polar surface area (TPSA) is 88.1 Å². The van der Waals surface area contributed by atoms with Crippen LogP contribution in [0.4, 0.5) is 5.95 Å². The molecule has 104 valence electrons. The summed E-state index contributed by atoms with van der Waals surface area (Å²) in [6.07, 6.45) is -0.361. The van der Waals surface area contributed by atoms with Gasteiger partial charge in [0.2, 0.25) is 5.95 Å². The Labute approximate surface area is 113 Å².